The quantitative estimate of drug-likeness (QED) is 0.283. The number of rotatable bonds is 4. The summed E-state index contributed by atoms with van der Waals surface area (Å²) in [5.41, 5.74) is 3.69. The fourth-order valence-corrected chi connectivity index (χ4v) is 4.38. The summed E-state index contributed by atoms with van der Waals surface area (Å²) >= 11 is 1.38. The molecule has 5 nitrogen and oxygen atoms in total. The number of aryl methyl sites for hydroxylation is 1. The zero-order valence-electron chi connectivity index (χ0n) is 18.9. The van der Waals surface area contributed by atoms with Crippen LogP contribution in [0.1, 0.15) is 30.0 Å². The number of thiazole rings is 1. The molecule has 0 N–H and O–H groups in total. The Morgan fingerprint density at radius 1 is 1.06 bits per heavy atom. The second-order valence-electron chi connectivity index (χ2n) is 7.67. The fraction of sp³-hybridized carbons (Fsp3) is 0.160. The minimum atomic E-state index is -4.39. The van der Waals surface area contributed by atoms with Gasteiger partial charge in [0.15, 0.2) is 0 Å². The van der Waals surface area contributed by atoms with E-state index < -0.39 is 11.7 Å². The molecule has 0 saturated carbocycles. The van der Waals surface area contributed by atoms with E-state index in [2.05, 4.69) is 10.1 Å². The monoisotopic (exact) mass is 501 g/mol. The largest absolute Gasteiger partial charge is 0.416 e. The molecule has 0 bridgehead atoms. The minimum Gasteiger partial charge on any atom is -0.218 e. The molecule has 4 rings (SSSR count). The number of allylic oxidation sites excluding steroid dienone is 1. The summed E-state index contributed by atoms with van der Waals surface area (Å²) < 4.78 is 54.1. The average Bonchev–Trinajstić information content (AvgIpc) is 3.37. The van der Waals surface area contributed by atoms with Crippen LogP contribution in [0.5, 0.6) is 0 Å². The van der Waals surface area contributed by atoms with E-state index in [4.69, 9.17) is 9.59 Å². The molecule has 0 fully saturated rings. The standard InChI is InChI=1S/C24H19F4N3S.CO2/c1-14(2)11-21-22(16-7-9-18(10-8-16)24(26,27)28)29-23(32-21)31-13-20(15(3)30-31)17-5-4-6-19(25)12-17;2-1-3/h4-13H,1-3H3;. The fourth-order valence-electron chi connectivity index (χ4n) is 3.30. The summed E-state index contributed by atoms with van der Waals surface area (Å²) in [6, 6.07) is 11.2. The zero-order chi connectivity index (χ0) is 25.8. The second-order valence-corrected chi connectivity index (χ2v) is 8.68. The van der Waals surface area contributed by atoms with E-state index in [0.717, 1.165) is 28.1 Å². The summed E-state index contributed by atoms with van der Waals surface area (Å²) in [5, 5.41) is 5.10. The highest BCUT2D eigenvalue weighted by molar-refractivity contribution is 7.15. The van der Waals surface area contributed by atoms with Crippen molar-refractivity contribution in [3.05, 3.63) is 82.3 Å². The Labute approximate surface area is 202 Å². The van der Waals surface area contributed by atoms with Gasteiger partial charge in [0.2, 0.25) is 5.13 Å². The lowest BCUT2D eigenvalue weighted by Crippen LogP contribution is -2.04. The van der Waals surface area contributed by atoms with Crippen LogP contribution in [-0.4, -0.2) is 20.9 Å². The van der Waals surface area contributed by atoms with Crippen LogP contribution in [0.4, 0.5) is 17.6 Å². The molecule has 0 saturated heterocycles. The number of hydrogen-bond donors (Lipinski definition) is 0. The van der Waals surface area contributed by atoms with Crippen molar-refractivity contribution in [1.29, 1.82) is 0 Å². The van der Waals surface area contributed by atoms with Crippen LogP contribution < -0.4 is 0 Å². The van der Waals surface area contributed by atoms with E-state index >= 15 is 0 Å². The van der Waals surface area contributed by atoms with Gasteiger partial charge in [-0.05, 0) is 56.7 Å². The maximum atomic E-state index is 13.7. The van der Waals surface area contributed by atoms with Crippen molar-refractivity contribution in [3.8, 4) is 27.5 Å². The maximum absolute atomic E-state index is 13.7. The molecular weight excluding hydrogens is 482 g/mol. The smallest absolute Gasteiger partial charge is 0.218 e. The van der Waals surface area contributed by atoms with Gasteiger partial charge in [-0.3, -0.25) is 0 Å². The van der Waals surface area contributed by atoms with Crippen molar-refractivity contribution < 1.29 is 27.2 Å². The van der Waals surface area contributed by atoms with Crippen LogP contribution in [0, 0.1) is 12.7 Å². The average molecular weight is 502 g/mol. The van der Waals surface area contributed by atoms with Crippen molar-refractivity contribution >= 4 is 23.6 Å². The molecule has 0 aliphatic rings. The van der Waals surface area contributed by atoms with Crippen molar-refractivity contribution in [3.63, 3.8) is 0 Å². The molecule has 180 valence electrons. The SMILES string of the molecule is CC(C)=Cc1sc(-n2cc(-c3cccc(F)c3)c(C)n2)nc1-c1ccc(C(F)(F)F)cc1.O=C=O. The maximum Gasteiger partial charge on any atom is 0.416 e. The molecule has 4 aromatic rings. The summed E-state index contributed by atoms with van der Waals surface area (Å²) in [4.78, 5) is 21.7. The molecule has 2 aromatic carbocycles. The molecule has 10 heteroatoms. The van der Waals surface area contributed by atoms with E-state index in [9.17, 15) is 17.6 Å². The highest BCUT2D eigenvalue weighted by Gasteiger charge is 2.30. The van der Waals surface area contributed by atoms with Crippen molar-refractivity contribution in [2.24, 2.45) is 0 Å². The number of halogens is 4. The van der Waals surface area contributed by atoms with Crippen molar-refractivity contribution in [1.82, 2.24) is 14.8 Å². The van der Waals surface area contributed by atoms with Gasteiger partial charge in [-0.1, -0.05) is 41.2 Å². The molecule has 0 atom stereocenters. The van der Waals surface area contributed by atoms with Crippen molar-refractivity contribution in [2.45, 2.75) is 26.9 Å². The van der Waals surface area contributed by atoms with Crippen LogP contribution in [0.2, 0.25) is 0 Å². The lowest BCUT2D eigenvalue weighted by atomic mass is 10.1. The van der Waals surface area contributed by atoms with Gasteiger partial charge >= 0.3 is 12.3 Å². The Kier molecular flexibility index (Phi) is 7.78. The Bertz CT molecular complexity index is 1390. The Hall–Kier alpha value is -3.88. The second kappa shape index (κ2) is 10.6. The Balaban J connectivity index is 0.00000108. The van der Waals surface area contributed by atoms with Gasteiger partial charge in [0, 0.05) is 17.3 Å². The van der Waals surface area contributed by atoms with Crippen molar-refractivity contribution in [2.75, 3.05) is 0 Å². The highest BCUT2D eigenvalue weighted by Crippen LogP contribution is 2.35. The lowest BCUT2D eigenvalue weighted by Gasteiger charge is -2.07. The van der Waals surface area contributed by atoms with E-state index in [-0.39, 0.29) is 12.0 Å². The number of hydrogen-bond acceptors (Lipinski definition) is 5. The lowest BCUT2D eigenvalue weighted by molar-refractivity contribution is -0.191. The van der Waals surface area contributed by atoms with Gasteiger partial charge in [0.25, 0.3) is 0 Å². The number of alkyl halides is 3. The molecular formula is C25H19F4N3O2S. The number of benzene rings is 2. The number of aromatic nitrogens is 3. The number of carbonyl (C=O) groups excluding carboxylic acids is 2. The van der Waals surface area contributed by atoms with Gasteiger partial charge < -0.3 is 0 Å². The van der Waals surface area contributed by atoms with Crippen LogP contribution in [0.25, 0.3) is 33.6 Å². The first-order valence-corrected chi connectivity index (χ1v) is 11.0. The number of nitrogens with zero attached hydrogens (tertiary/aromatic N) is 3. The van der Waals surface area contributed by atoms with Crippen LogP contribution in [0.15, 0.2) is 60.3 Å². The third-order valence-corrected chi connectivity index (χ3v) is 5.77. The molecule has 0 radical (unpaired) electrons. The Morgan fingerprint density at radius 3 is 2.29 bits per heavy atom. The van der Waals surface area contributed by atoms with Gasteiger partial charge in [0.1, 0.15) is 5.82 Å². The van der Waals surface area contributed by atoms with Gasteiger partial charge in [-0.25, -0.2) is 14.1 Å². The minimum absolute atomic E-state index is 0.250. The molecule has 0 amide bonds. The summed E-state index contributed by atoms with van der Waals surface area (Å²) in [6.07, 6.45) is -0.418. The zero-order valence-corrected chi connectivity index (χ0v) is 19.7. The first-order chi connectivity index (χ1) is 16.5. The van der Waals surface area contributed by atoms with E-state index in [0.29, 0.717) is 27.6 Å². The third kappa shape index (κ3) is 6.17. The molecule has 0 unspecified atom stereocenters. The Morgan fingerprint density at radius 2 is 1.71 bits per heavy atom. The van der Waals surface area contributed by atoms with Gasteiger partial charge in [-0.2, -0.15) is 27.9 Å². The van der Waals surface area contributed by atoms with Crippen LogP contribution >= 0.6 is 11.3 Å². The van der Waals surface area contributed by atoms with E-state index in [1.165, 1.54) is 35.6 Å². The third-order valence-electron chi connectivity index (χ3n) is 4.78. The van der Waals surface area contributed by atoms with E-state index in [1.54, 1.807) is 16.9 Å². The molecule has 35 heavy (non-hydrogen) atoms. The molecule has 2 aromatic heterocycles. The highest BCUT2D eigenvalue weighted by atomic mass is 32.1. The summed E-state index contributed by atoms with van der Waals surface area (Å²) in [6.45, 7) is 5.71. The first-order valence-electron chi connectivity index (χ1n) is 10.2. The van der Waals surface area contributed by atoms with Crippen LogP contribution in [-0.2, 0) is 15.8 Å². The summed E-state index contributed by atoms with van der Waals surface area (Å²) in [5.74, 6) is -0.334. The van der Waals surface area contributed by atoms with Gasteiger partial charge in [-0.15, -0.1) is 0 Å². The molecule has 0 spiro atoms. The molecule has 0 aliphatic carbocycles. The summed E-state index contributed by atoms with van der Waals surface area (Å²) in [7, 11) is 0. The molecule has 0 aliphatic heterocycles. The predicted octanol–water partition coefficient (Wildman–Crippen LogP) is 6.97. The predicted molar refractivity (Wildman–Crippen MR) is 124 cm³/mol. The topological polar surface area (TPSA) is 64.8 Å². The normalized spacial score (nSPS) is 10.8. The molecule has 2 heterocycles. The van der Waals surface area contributed by atoms with Gasteiger partial charge in [0.05, 0.1) is 21.8 Å². The van der Waals surface area contributed by atoms with Crippen LogP contribution in [0.3, 0.4) is 0 Å². The van der Waals surface area contributed by atoms with E-state index in [1.807, 2.05) is 32.9 Å². The first kappa shape index (κ1) is 25.7.